The highest BCUT2D eigenvalue weighted by Crippen LogP contribution is 2.36. The quantitative estimate of drug-likeness (QED) is 0.796. The van der Waals surface area contributed by atoms with Gasteiger partial charge in [-0.2, -0.15) is 13.2 Å². The first-order valence-electron chi connectivity index (χ1n) is 6.03. The van der Waals surface area contributed by atoms with Gasteiger partial charge in [0.25, 0.3) is 0 Å². The summed E-state index contributed by atoms with van der Waals surface area (Å²) in [4.78, 5) is 0. The molecule has 2 atom stereocenters. The van der Waals surface area contributed by atoms with Gasteiger partial charge in [0.1, 0.15) is 5.82 Å². The minimum absolute atomic E-state index is 0.100. The van der Waals surface area contributed by atoms with Crippen LogP contribution in [-0.4, -0.2) is 6.54 Å². The molecule has 1 heterocycles. The van der Waals surface area contributed by atoms with Gasteiger partial charge in [-0.1, -0.05) is 19.4 Å². The van der Waals surface area contributed by atoms with Gasteiger partial charge in [0.2, 0.25) is 0 Å². The van der Waals surface area contributed by atoms with Crippen LogP contribution in [0.2, 0.25) is 0 Å². The van der Waals surface area contributed by atoms with Crippen molar-refractivity contribution >= 4 is 0 Å². The molecule has 1 fully saturated rings. The molecule has 0 radical (unpaired) electrons. The van der Waals surface area contributed by atoms with Gasteiger partial charge in [-0.15, -0.1) is 0 Å². The summed E-state index contributed by atoms with van der Waals surface area (Å²) in [7, 11) is 0. The number of benzene rings is 1. The third kappa shape index (κ3) is 2.51. The molecule has 1 aliphatic rings. The molecular weight excluding hydrogens is 246 g/mol. The van der Waals surface area contributed by atoms with Crippen LogP contribution in [0.1, 0.15) is 36.9 Å². The van der Waals surface area contributed by atoms with Crippen molar-refractivity contribution in [2.45, 2.75) is 32.0 Å². The molecule has 18 heavy (non-hydrogen) atoms. The molecule has 1 aromatic carbocycles. The molecule has 2 unspecified atom stereocenters. The largest absolute Gasteiger partial charge is 0.419 e. The van der Waals surface area contributed by atoms with E-state index in [1.165, 1.54) is 6.07 Å². The maximum atomic E-state index is 13.2. The molecule has 1 N–H and O–H groups in total. The lowest BCUT2D eigenvalue weighted by molar-refractivity contribution is -0.140. The lowest BCUT2D eigenvalue weighted by Crippen LogP contribution is -2.19. The van der Waals surface area contributed by atoms with Crippen molar-refractivity contribution in [2.24, 2.45) is 5.92 Å². The number of nitrogens with one attached hydrogen (secondary N) is 1. The van der Waals surface area contributed by atoms with Crippen LogP contribution >= 0.6 is 0 Å². The van der Waals surface area contributed by atoms with Crippen LogP contribution in [0.15, 0.2) is 18.2 Å². The fourth-order valence-electron chi connectivity index (χ4n) is 2.54. The summed E-state index contributed by atoms with van der Waals surface area (Å²) in [6.07, 6.45) is -2.79. The van der Waals surface area contributed by atoms with Gasteiger partial charge < -0.3 is 5.32 Å². The number of hydrogen-bond acceptors (Lipinski definition) is 1. The Balaban J connectivity index is 2.35. The maximum absolute atomic E-state index is 13.2. The standard InChI is InChI=1S/C13H15F4N/c1-2-8-5-6-18-12(8)9-3-4-11(14)10(7-9)13(15,16)17/h3-4,7-8,12,18H,2,5-6H2,1H3. The molecule has 5 heteroatoms. The maximum Gasteiger partial charge on any atom is 0.419 e. The second-order valence-corrected chi connectivity index (χ2v) is 4.63. The van der Waals surface area contributed by atoms with E-state index in [2.05, 4.69) is 5.32 Å². The van der Waals surface area contributed by atoms with Crippen LogP contribution in [0.3, 0.4) is 0 Å². The SMILES string of the molecule is CCC1CCNC1c1ccc(F)c(C(F)(F)F)c1. The number of rotatable bonds is 2. The lowest BCUT2D eigenvalue weighted by Gasteiger charge is -2.20. The summed E-state index contributed by atoms with van der Waals surface area (Å²) in [6.45, 7) is 2.81. The van der Waals surface area contributed by atoms with Crippen molar-refractivity contribution in [3.8, 4) is 0 Å². The first-order chi connectivity index (χ1) is 8.43. The van der Waals surface area contributed by atoms with Crippen molar-refractivity contribution < 1.29 is 17.6 Å². The van der Waals surface area contributed by atoms with Gasteiger partial charge in [0, 0.05) is 6.04 Å². The molecule has 1 nitrogen and oxygen atoms in total. The van der Waals surface area contributed by atoms with E-state index in [1.54, 1.807) is 0 Å². The Bertz CT molecular complexity index is 427. The Hall–Kier alpha value is -1.10. The summed E-state index contributed by atoms with van der Waals surface area (Å²) >= 11 is 0. The van der Waals surface area contributed by atoms with Crippen LogP contribution < -0.4 is 5.32 Å². The van der Waals surface area contributed by atoms with Gasteiger partial charge in [0.05, 0.1) is 5.56 Å². The van der Waals surface area contributed by atoms with Crippen molar-refractivity contribution in [2.75, 3.05) is 6.54 Å². The fraction of sp³-hybridized carbons (Fsp3) is 0.538. The fourth-order valence-corrected chi connectivity index (χ4v) is 2.54. The van der Waals surface area contributed by atoms with Gasteiger partial charge in [-0.05, 0) is 36.6 Å². The van der Waals surface area contributed by atoms with Crippen LogP contribution in [0.5, 0.6) is 0 Å². The highest BCUT2D eigenvalue weighted by molar-refractivity contribution is 5.30. The number of alkyl halides is 3. The van der Waals surface area contributed by atoms with Crippen molar-refractivity contribution in [1.29, 1.82) is 0 Å². The van der Waals surface area contributed by atoms with E-state index in [0.717, 1.165) is 31.5 Å². The van der Waals surface area contributed by atoms with Crippen molar-refractivity contribution in [3.63, 3.8) is 0 Å². The molecule has 0 aromatic heterocycles. The average Bonchev–Trinajstić information content (AvgIpc) is 2.76. The Morgan fingerprint density at radius 1 is 1.33 bits per heavy atom. The molecule has 1 aromatic rings. The molecule has 2 rings (SSSR count). The second kappa shape index (κ2) is 4.88. The van der Waals surface area contributed by atoms with E-state index >= 15 is 0 Å². The highest BCUT2D eigenvalue weighted by atomic mass is 19.4. The summed E-state index contributed by atoms with van der Waals surface area (Å²) in [5.74, 6) is -0.895. The minimum atomic E-state index is -4.64. The van der Waals surface area contributed by atoms with Gasteiger partial charge in [-0.25, -0.2) is 4.39 Å². The highest BCUT2D eigenvalue weighted by Gasteiger charge is 2.36. The van der Waals surface area contributed by atoms with Crippen LogP contribution in [0.4, 0.5) is 17.6 Å². The minimum Gasteiger partial charge on any atom is -0.310 e. The molecule has 0 spiro atoms. The normalized spacial score (nSPS) is 24.5. The Morgan fingerprint density at radius 2 is 2.06 bits per heavy atom. The monoisotopic (exact) mass is 261 g/mol. The molecule has 1 aliphatic heterocycles. The zero-order valence-electron chi connectivity index (χ0n) is 10.0. The Labute approximate surface area is 103 Å². The molecule has 100 valence electrons. The van der Waals surface area contributed by atoms with E-state index in [0.29, 0.717) is 11.5 Å². The smallest absolute Gasteiger partial charge is 0.310 e. The molecule has 0 saturated carbocycles. The lowest BCUT2D eigenvalue weighted by atomic mass is 9.91. The van der Waals surface area contributed by atoms with Gasteiger partial charge in [0.15, 0.2) is 0 Å². The predicted octanol–water partition coefficient (Wildman–Crippen LogP) is 3.91. The molecule has 0 bridgehead atoms. The number of halogens is 4. The van der Waals surface area contributed by atoms with Gasteiger partial charge >= 0.3 is 6.18 Å². The zero-order chi connectivity index (χ0) is 13.3. The van der Waals surface area contributed by atoms with Crippen LogP contribution in [0.25, 0.3) is 0 Å². The van der Waals surface area contributed by atoms with E-state index in [1.807, 2.05) is 6.92 Å². The summed E-state index contributed by atoms with van der Waals surface area (Å²) in [5.41, 5.74) is -0.656. The van der Waals surface area contributed by atoms with Crippen molar-refractivity contribution in [1.82, 2.24) is 5.32 Å². The summed E-state index contributed by atoms with van der Waals surface area (Å²) in [6, 6.07) is 3.18. The van der Waals surface area contributed by atoms with E-state index in [4.69, 9.17) is 0 Å². The molecule has 1 saturated heterocycles. The summed E-state index contributed by atoms with van der Waals surface area (Å²) < 4.78 is 51.1. The van der Waals surface area contributed by atoms with Crippen LogP contribution in [-0.2, 0) is 6.18 Å². The third-order valence-electron chi connectivity index (χ3n) is 3.53. The van der Waals surface area contributed by atoms with Crippen LogP contribution in [0, 0.1) is 11.7 Å². The van der Waals surface area contributed by atoms with E-state index < -0.39 is 17.6 Å². The predicted molar refractivity (Wildman–Crippen MR) is 60.5 cm³/mol. The van der Waals surface area contributed by atoms with Gasteiger partial charge in [-0.3, -0.25) is 0 Å². The number of hydrogen-bond donors (Lipinski definition) is 1. The first-order valence-corrected chi connectivity index (χ1v) is 6.03. The average molecular weight is 261 g/mol. The molecule has 0 aliphatic carbocycles. The first kappa shape index (κ1) is 13.3. The van der Waals surface area contributed by atoms with E-state index in [9.17, 15) is 17.6 Å². The topological polar surface area (TPSA) is 12.0 Å². The molecular formula is C13H15F4N. The summed E-state index contributed by atoms with van der Waals surface area (Å²) in [5, 5.41) is 3.18. The third-order valence-corrected chi connectivity index (χ3v) is 3.53. The molecule has 0 amide bonds. The van der Waals surface area contributed by atoms with Crippen molar-refractivity contribution in [3.05, 3.63) is 35.1 Å². The Morgan fingerprint density at radius 3 is 2.67 bits per heavy atom. The second-order valence-electron chi connectivity index (χ2n) is 4.63. The Kier molecular flexibility index (Phi) is 3.61. The van der Waals surface area contributed by atoms with E-state index in [-0.39, 0.29) is 6.04 Å². The zero-order valence-corrected chi connectivity index (χ0v) is 10.0.